The summed E-state index contributed by atoms with van der Waals surface area (Å²) in [4.78, 5) is 15.4. The van der Waals surface area contributed by atoms with Crippen molar-refractivity contribution in [1.82, 2.24) is 14.8 Å². The average molecular weight is 285 g/mol. The van der Waals surface area contributed by atoms with E-state index in [-0.39, 0.29) is 5.56 Å². The molecule has 0 bridgehead atoms. The van der Waals surface area contributed by atoms with Crippen LogP contribution in [-0.2, 0) is 12.8 Å². The quantitative estimate of drug-likeness (QED) is 0.797. The number of carboxylic acids is 1. The molecule has 0 unspecified atom stereocenters. The number of nitrogens with zero attached hydrogens (tertiary/aromatic N) is 3. The Morgan fingerprint density at radius 2 is 2.10 bits per heavy atom. The zero-order valence-electron chi connectivity index (χ0n) is 11.8. The molecule has 21 heavy (non-hydrogen) atoms. The van der Waals surface area contributed by atoms with Gasteiger partial charge in [-0.05, 0) is 37.1 Å². The van der Waals surface area contributed by atoms with Crippen molar-refractivity contribution in [2.75, 3.05) is 0 Å². The van der Waals surface area contributed by atoms with Gasteiger partial charge in [0.05, 0.1) is 11.3 Å². The van der Waals surface area contributed by atoms with E-state index in [2.05, 4.69) is 10.1 Å². The third-order valence-corrected chi connectivity index (χ3v) is 3.36. The van der Waals surface area contributed by atoms with Crippen LogP contribution in [0.1, 0.15) is 35.6 Å². The highest BCUT2D eigenvalue weighted by molar-refractivity contribution is 5.91. The van der Waals surface area contributed by atoms with Gasteiger partial charge in [0.2, 0.25) is 0 Å². The number of carboxylic acid groups (broad SMARTS) is 1. The molecule has 1 N–H and O–H groups in total. The molecule has 0 aliphatic carbocycles. The SMILES string of the molecule is CCc1cc(CC)n(-c2nc3ccc(C(=O)O)cc3o2)n1. The molecule has 3 rings (SSSR count). The number of aromatic carboxylic acids is 1. The second-order valence-corrected chi connectivity index (χ2v) is 4.73. The van der Waals surface area contributed by atoms with Crippen LogP contribution in [0.4, 0.5) is 0 Å². The number of hydrogen-bond acceptors (Lipinski definition) is 4. The van der Waals surface area contributed by atoms with Crippen molar-refractivity contribution in [3.05, 3.63) is 41.2 Å². The molecule has 0 aliphatic rings. The molecule has 2 aromatic heterocycles. The van der Waals surface area contributed by atoms with Crippen LogP contribution in [0, 0.1) is 0 Å². The van der Waals surface area contributed by atoms with E-state index in [9.17, 15) is 4.79 Å². The Morgan fingerprint density at radius 1 is 1.29 bits per heavy atom. The molecule has 0 spiro atoms. The van der Waals surface area contributed by atoms with Gasteiger partial charge < -0.3 is 9.52 Å². The average Bonchev–Trinajstić information content (AvgIpc) is 3.09. The van der Waals surface area contributed by atoms with E-state index in [0.717, 1.165) is 24.2 Å². The lowest BCUT2D eigenvalue weighted by molar-refractivity contribution is 0.0697. The summed E-state index contributed by atoms with van der Waals surface area (Å²) in [5.74, 6) is -0.989. The zero-order valence-corrected chi connectivity index (χ0v) is 11.8. The molecule has 2 heterocycles. The Hall–Kier alpha value is -2.63. The first-order valence-electron chi connectivity index (χ1n) is 6.84. The fourth-order valence-corrected chi connectivity index (χ4v) is 2.20. The minimum atomic E-state index is -0.989. The van der Waals surface area contributed by atoms with Crippen molar-refractivity contribution in [2.45, 2.75) is 26.7 Å². The molecule has 0 fully saturated rings. The predicted molar refractivity (Wildman–Crippen MR) is 76.8 cm³/mol. The molecule has 108 valence electrons. The van der Waals surface area contributed by atoms with Gasteiger partial charge in [0.25, 0.3) is 0 Å². The van der Waals surface area contributed by atoms with Gasteiger partial charge in [-0.2, -0.15) is 14.8 Å². The second-order valence-electron chi connectivity index (χ2n) is 4.73. The number of aryl methyl sites for hydroxylation is 2. The third-order valence-electron chi connectivity index (χ3n) is 3.36. The third kappa shape index (κ3) is 2.29. The van der Waals surface area contributed by atoms with E-state index in [1.807, 2.05) is 19.9 Å². The Labute approximate surface area is 121 Å². The van der Waals surface area contributed by atoms with E-state index in [1.54, 1.807) is 10.7 Å². The van der Waals surface area contributed by atoms with Gasteiger partial charge in [-0.25, -0.2) is 4.79 Å². The Morgan fingerprint density at radius 3 is 2.76 bits per heavy atom. The molecule has 1 aromatic carbocycles. The molecule has 3 aromatic rings. The summed E-state index contributed by atoms with van der Waals surface area (Å²) in [6.07, 6.45) is 1.65. The fourth-order valence-electron chi connectivity index (χ4n) is 2.20. The number of fused-ring (bicyclic) bond motifs is 1. The molecule has 0 atom stereocenters. The van der Waals surface area contributed by atoms with Gasteiger partial charge in [0.1, 0.15) is 5.52 Å². The van der Waals surface area contributed by atoms with Crippen LogP contribution in [0.25, 0.3) is 17.1 Å². The molecule has 0 amide bonds. The van der Waals surface area contributed by atoms with Crippen molar-refractivity contribution < 1.29 is 14.3 Å². The first kappa shape index (κ1) is 13.4. The summed E-state index contributed by atoms with van der Waals surface area (Å²) >= 11 is 0. The summed E-state index contributed by atoms with van der Waals surface area (Å²) in [6, 6.07) is 7.02. The molecular weight excluding hydrogens is 270 g/mol. The van der Waals surface area contributed by atoms with Crippen molar-refractivity contribution in [3.63, 3.8) is 0 Å². The summed E-state index contributed by atoms with van der Waals surface area (Å²) in [5, 5.41) is 13.5. The van der Waals surface area contributed by atoms with Gasteiger partial charge in [0.15, 0.2) is 5.58 Å². The van der Waals surface area contributed by atoms with Crippen molar-refractivity contribution in [1.29, 1.82) is 0 Å². The highest BCUT2D eigenvalue weighted by Gasteiger charge is 2.14. The number of aromatic nitrogens is 3. The Balaban J connectivity index is 2.12. The van der Waals surface area contributed by atoms with Gasteiger partial charge in [-0.15, -0.1) is 0 Å². The lowest BCUT2D eigenvalue weighted by atomic mass is 10.2. The van der Waals surface area contributed by atoms with Gasteiger partial charge >= 0.3 is 12.0 Å². The summed E-state index contributed by atoms with van der Waals surface area (Å²) in [6.45, 7) is 4.08. The Kier molecular flexibility index (Phi) is 3.21. The van der Waals surface area contributed by atoms with Crippen LogP contribution < -0.4 is 0 Å². The highest BCUT2D eigenvalue weighted by atomic mass is 16.4. The molecular formula is C15H15N3O3. The van der Waals surface area contributed by atoms with Crippen LogP contribution in [0.15, 0.2) is 28.7 Å². The minimum Gasteiger partial charge on any atom is -0.478 e. The van der Waals surface area contributed by atoms with E-state index in [1.165, 1.54) is 12.1 Å². The van der Waals surface area contributed by atoms with Crippen LogP contribution in [0.3, 0.4) is 0 Å². The molecule has 0 saturated carbocycles. The highest BCUT2D eigenvalue weighted by Crippen LogP contribution is 2.21. The van der Waals surface area contributed by atoms with E-state index in [4.69, 9.17) is 9.52 Å². The van der Waals surface area contributed by atoms with Gasteiger partial charge in [-0.3, -0.25) is 0 Å². The van der Waals surface area contributed by atoms with Crippen LogP contribution >= 0.6 is 0 Å². The maximum atomic E-state index is 11.0. The molecule has 0 aliphatic heterocycles. The maximum absolute atomic E-state index is 11.0. The lowest BCUT2D eigenvalue weighted by Gasteiger charge is -1.98. The van der Waals surface area contributed by atoms with Crippen molar-refractivity contribution >= 4 is 17.1 Å². The predicted octanol–water partition coefficient (Wildman–Crippen LogP) is 2.84. The summed E-state index contributed by atoms with van der Waals surface area (Å²) in [7, 11) is 0. The van der Waals surface area contributed by atoms with Gasteiger partial charge in [0, 0.05) is 5.69 Å². The first-order valence-corrected chi connectivity index (χ1v) is 6.84. The monoisotopic (exact) mass is 285 g/mol. The van der Waals surface area contributed by atoms with Crippen molar-refractivity contribution in [3.8, 4) is 6.01 Å². The van der Waals surface area contributed by atoms with Gasteiger partial charge in [-0.1, -0.05) is 13.8 Å². The van der Waals surface area contributed by atoms with Crippen molar-refractivity contribution in [2.24, 2.45) is 0 Å². The zero-order chi connectivity index (χ0) is 15.0. The Bertz CT molecular complexity index is 817. The number of hydrogen-bond donors (Lipinski definition) is 1. The summed E-state index contributed by atoms with van der Waals surface area (Å²) < 4.78 is 7.35. The van der Waals surface area contributed by atoms with Crippen LogP contribution in [0.2, 0.25) is 0 Å². The molecule has 6 heteroatoms. The van der Waals surface area contributed by atoms with E-state index in [0.29, 0.717) is 17.1 Å². The number of carbonyl (C=O) groups is 1. The van der Waals surface area contributed by atoms with E-state index >= 15 is 0 Å². The largest absolute Gasteiger partial charge is 0.478 e. The smallest absolute Gasteiger partial charge is 0.335 e. The second kappa shape index (κ2) is 5.05. The minimum absolute atomic E-state index is 0.177. The van der Waals surface area contributed by atoms with Crippen LogP contribution in [0.5, 0.6) is 0 Å². The van der Waals surface area contributed by atoms with Crippen LogP contribution in [-0.4, -0.2) is 25.8 Å². The lowest BCUT2D eigenvalue weighted by Crippen LogP contribution is -2.01. The topological polar surface area (TPSA) is 81.2 Å². The molecule has 0 saturated heterocycles. The standard InChI is InChI=1S/C15H15N3O3/c1-3-10-8-11(4-2)18(17-10)15-16-12-6-5-9(14(19)20)7-13(12)21-15/h5-8H,3-4H2,1-2H3,(H,19,20). The fraction of sp³-hybridized carbons (Fsp3) is 0.267. The molecule has 0 radical (unpaired) electrons. The number of benzene rings is 1. The summed E-state index contributed by atoms with van der Waals surface area (Å²) in [5.41, 5.74) is 3.22. The number of oxazole rings is 1. The maximum Gasteiger partial charge on any atom is 0.335 e. The van der Waals surface area contributed by atoms with E-state index < -0.39 is 5.97 Å². The number of rotatable bonds is 4. The normalized spacial score (nSPS) is 11.1. The molecule has 6 nitrogen and oxygen atoms in total. The first-order chi connectivity index (χ1) is 10.1.